The summed E-state index contributed by atoms with van der Waals surface area (Å²) in [4.78, 5) is 36.4. The van der Waals surface area contributed by atoms with Crippen LogP contribution in [-0.2, 0) is 20.5 Å². The Kier molecular flexibility index (Phi) is 7.93. The number of aliphatic imine (C=N–C) groups is 1. The number of sulfonamides is 1. The number of methoxy groups -OCH3 is 2. The summed E-state index contributed by atoms with van der Waals surface area (Å²) in [6, 6.07) is 5.86. The van der Waals surface area contributed by atoms with Gasteiger partial charge in [-0.05, 0) is 12.1 Å². The van der Waals surface area contributed by atoms with E-state index in [-0.39, 0.29) is 17.4 Å². The maximum absolute atomic E-state index is 12.6. The van der Waals surface area contributed by atoms with Crippen molar-refractivity contribution in [2.45, 2.75) is 10.6 Å². The number of carbonyl (C=O) groups excluding carboxylic acids is 2. The molecule has 1 aliphatic rings. The van der Waals surface area contributed by atoms with E-state index in [0.29, 0.717) is 11.4 Å². The third-order valence-corrected chi connectivity index (χ3v) is 7.58. The molecule has 11 nitrogen and oxygen atoms in total. The molecule has 2 N–H and O–H groups in total. The fourth-order valence-electron chi connectivity index (χ4n) is 2.53. The molecule has 1 aromatic heterocycles. The molecular formula is C18H19N5O6S3. The van der Waals surface area contributed by atoms with Crippen molar-refractivity contribution in [1.29, 1.82) is 0 Å². The number of esters is 1. The summed E-state index contributed by atoms with van der Waals surface area (Å²) in [5.74, 6) is 0.609. The monoisotopic (exact) mass is 497 g/mol. The average molecular weight is 498 g/mol. The van der Waals surface area contributed by atoms with Crippen LogP contribution in [-0.4, -0.2) is 61.3 Å². The molecule has 170 valence electrons. The molecule has 0 unspecified atom stereocenters. The van der Waals surface area contributed by atoms with Gasteiger partial charge in [0, 0.05) is 17.6 Å². The summed E-state index contributed by atoms with van der Waals surface area (Å²) in [6.45, 7) is 0.778. The first-order valence-corrected chi connectivity index (χ1v) is 12.5. The standard InChI is InChI=1S/C18H19N5O6S3/c1-28-14-9-11(10-31-18-19-7-8-30-18)20-16(21-14)22-17(25)23-32(26,27)13-6-4-3-5-12(13)15(24)29-2/h3-6,9H,7-8,10H2,1-2H3,(H2,20,21,22,23,25). The van der Waals surface area contributed by atoms with Crippen LogP contribution in [0.4, 0.5) is 10.7 Å². The lowest BCUT2D eigenvalue weighted by Crippen LogP contribution is -2.35. The van der Waals surface area contributed by atoms with Crippen LogP contribution >= 0.6 is 23.5 Å². The maximum Gasteiger partial charge on any atom is 0.339 e. The Hall–Kier alpha value is -2.84. The molecule has 0 bridgehead atoms. The van der Waals surface area contributed by atoms with E-state index < -0.39 is 26.9 Å². The molecule has 1 aromatic carbocycles. The quantitative estimate of drug-likeness (QED) is 0.545. The van der Waals surface area contributed by atoms with E-state index in [1.165, 1.54) is 43.1 Å². The van der Waals surface area contributed by atoms with Gasteiger partial charge in [-0.15, -0.1) is 0 Å². The van der Waals surface area contributed by atoms with Crippen LogP contribution < -0.4 is 14.8 Å². The molecule has 0 aliphatic carbocycles. The minimum atomic E-state index is -4.38. The van der Waals surface area contributed by atoms with Gasteiger partial charge in [-0.1, -0.05) is 35.7 Å². The number of rotatable bonds is 7. The summed E-state index contributed by atoms with van der Waals surface area (Å²) < 4.78 is 37.8. The Morgan fingerprint density at radius 3 is 2.69 bits per heavy atom. The Morgan fingerprint density at radius 2 is 2.00 bits per heavy atom. The molecule has 0 spiro atoms. The van der Waals surface area contributed by atoms with Gasteiger partial charge >= 0.3 is 12.0 Å². The van der Waals surface area contributed by atoms with Crippen LogP contribution in [0.15, 0.2) is 40.2 Å². The number of urea groups is 1. The molecule has 0 radical (unpaired) electrons. The highest BCUT2D eigenvalue weighted by Gasteiger charge is 2.25. The number of anilines is 1. The molecule has 14 heteroatoms. The first-order chi connectivity index (χ1) is 15.3. The molecule has 1 aliphatic heterocycles. The summed E-state index contributed by atoms with van der Waals surface area (Å²) in [6.07, 6.45) is 0. The van der Waals surface area contributed by atoms with Gasteiger partial charge in [-0.3, -0.25) is 10.3 Å². The lowest BCUT2D eigenvalue weighted by atomic mass is 10.2. The summed E-state index contributed by atoms with van der Waals surface area (Å²) in [7, 11) is -1.85. The SMILES string of the molecule is COC(=O)c1ccccc1S(=O)(=O)NC(=O)Nc1nc(CSC2=NCCS2)cc(OC)n1. The van der Waals surface area contributed by atoms with E-state index in [0.717, 1.165) is 23.8 Å². The fourth-order valence-corrected chi connectivity index (χ4v) is 5.53. The third kappa shape index (κ3) is 6.11. The van der Waals surface area contributed by atoms with Gasteiger partial charge < -0.3 is 9.47 Å². The second-order valence-corrected chi connectivity index (χ2v) is 10.0. The lowest BCUT2D eigenvalue weighted by molar-refractivity contribution is 0.0596. The molecule has 0 atom stereocenters. The molecule has 0 saturated heterocycles. The van der Waals surface area contributed by atoms with Gasteiger partial charge in [-0.2, -0.15) is 4.98 Å². The molecule has 0 fully saturated rings. The number of hydrogen-bond acceptors (Lipinski definition) is 11. The highest BCUT2D eigenvalue weighted by atomic mass is 32.2. The predicted octanol–water partition coefficient (Wildman–Crippen LogP) is 2.12. The van der Waals surface area contributed by atoms with E-state index >= 15 is 0 Å². The smallest absolute Gasteiger partial charge is 0.339 e. The minimum absolute atomic E-state index is 0.144. The maximum atomic E-state index is 12.6. The molecule has 32 heavy (non-hydrogen) atoms. The van der Waals surface area contributed by atoms with Crippen LogP contribution in [0.5, 0.6) is 5.88 Å². The number of nitrogens with zero attached hydrogens (tertiary/aromatic N) is 3. The van der Waals surface area contributed by atoms with E-state index in [2.05, 4.69) is 25.0 Å². The van der Waals surface area contributed by atoms with Crippen LogP contribution in [0.3, 0.4) is 0 Å². The normalized spacial score (nSPS) is 13.2. The van der Waals surface area contributed by atoms with Crippen molar-refractivity contribution in [3.63, 3.8) is 0 Å². The second-order valence-electron chi connectivity index (χ2n) is 6.06. The molecule has 0 saturated carbocycles. The first kappa shape index (κ1) is 23.8. The fraction of sp³-hybridized carbons (Fsp3) is 0.278. The van der Waals surface area contributed by atoms with Crippen LogP contribution in [0.2, 0.25) is 0 Å². The summed E-state index contributed by atoms with van der Waals surface area (Å²) >= 11 is 3.15. The zero-order valence-electron chi connectivity index (χ0n) is 17.0. The van der Waals surface area contributed by atoms with Crippen molar-refractivity contribution in [3.8, 4) is 5.88 Å². The molecule has 2 amide bonds. The van der Waals surface area contributed by atoms with Gasteiger partial charge in [0.05, 0.1) is 32.0 Å². The number of hydrogen-bond donors (Lipinski definition) is 2. The molecule has 2 aromatic rings. The number of thioether (sulfide) groups is 2. The van der Waals surface area contributed by atoms with E-state index in [1.54, 1.807) is 17.8 Å². The summed E-state index contributed by atoms with van der Waals surface area (Å²) in [5.41, 5.74) is 0.353. The second kappa shape index (κ2) is 10.7. The first-order valence-electron chi connectivity index (χ1n) is 9.05. The van der Waals surface area contributed by atoms with Gasteiger partial charge in [0.15, 0.2) is 0 Å². The van der Waals surface area contributed by atoms with E-state index in [9.17, 15) is 18.0 Å². The zero-order valence-corrected chi connectivity index (χ0v) is 19.5. The Bertz CT molecular complexity index is 1160. The number of nitrogens with one attached hydrogen (secondary N) is 2. The van der Waals surface area contributed by atoms with Crippen LogP contribution in [0, 0.1) is 0 Å². The Labute approximate surface area is 192 Å². The van der Waals surface area contributed by atoms with Gasteiger partial charge in [0.2, 0.25) is 11.8 Å². The topological polar surface area (TPSA) is 149 Å². The molecule has 2 heterocycles. The van der Waals surface area contributed by atoms with E-state index in [4.69, 9.17) is 4.74 Å². The average Bonchev–Trinajstić information content (AvgIpc) is 3.30. The minimum Gasteiger partial charge on any atom is -0.481 e. The largest absolute Gasteiger partial charge is 0.481 e. The number of amides is 2. The molecule has 3 rings (SSSR count). The van der Waals surface area contributed by atoms with Crippen molar-refractivity contribution in [1.82, 2.24) is 14.7 Å². The highest BCUT2D eigenvalue weighted by molar-refractivity contribution is 8.38. The lowest BCUT2D eigenvalue weighted by Gasteiger charge is -2.11. The number of carbonyl (C=O) groups is 2. The van der Waals surface area contributed by atoms with Gasteiger partial charge in [0.25, 0.3) is 10.0 Å². The summed E-state index contributed by atoms with van der Waals surface area (Å²) in [5, 5.41) is 2.28. The Balaban J connectivity index is 1.74. The van der Waals surface area contributed by atoms with Gasteiger partial charge in [0.1, 0.15) is 9.27 Å². The van der Waals surface area contributed by atoms with Gasteiger partial charge in [-0.25, -0.2) is 27.7 Å². The predicted molar refractivity (Wildman–Crippen MR) is 122 cm³/mol. The van der Waals surface area contributed by atoms with Crippen LogP contribution in [0.1, 0.15) is 16.1 Å². The number of benzene rings is 1. The van der Waals surface area contributed by atoms with Crippen molar-refractivity contribution < 1.29 is 27.5 Å². The number of aromatic nitrogens is 2. The molecular weight excluding hydrogens is 478 g/mol. The van der Waals surface area contributed by atoms with Crippen molar-refractivity contribution in [3.05, 3.63) is 41.6 Å². The van der Waals surface area contributed by atoms with Crippen molar-refractivity contribution >= 4 is 55.9 Å². The highest BCUT2D eigenvalue weighted by Crippen LogP contribution is 2.26. The Morgan fingerprint density at radius 1 is 1.22 bits per heavy atom. The number of ether oxygens (including phenoxy) is 2. The third-order valence-electron chi connectivity index (χ3n) is 3.90. The zero-order chi connectivity index (χ0) is 23.1. The van der Waals surface area contributed by atoms with Crippen LogP contribution in [0.25, 0.3) is 0 Å². The van der Waals surface area contributed by atoms with Crippen molar-refractivity contribution in [2.24, 2.45) is 4.99 Å². The van der Waals surface area contributed by atoms with Crippen molar-refractivity contribution in [2.75, 3.05) is 31.8 Å². The van der Waals surface area contributed by atoms with E-state index in [1.807, 2.05) is 4.72 Å².